The Kier molecular flexibility index (Phi) is 7.32. The molecule has 4 aliphatic carbocycles. The molecular weight excluding hydrogens is 344 g/mol. The lowest BCUT2D eigenvalue weighted by Gasteiger charge is -2.62. The van der Waals surface area contributed by atoms with Gasteiger partial charge in [0.05, 0.1) is 0 Å². The normalized spacial score (nSPS) is 47.2. The third kappa shape index (κ3) is 3.72. The van der Waals surface area contributed by atoms with E-state index in [1.54, 1.807) is 6.42 Å². The van der Waals surface area contributed by atoms with Crippen LogP contribution in [0, 0.1) is 46.3 Å². The predicted molar refractivity (Wildman–Crippen MR) is 117 cm³/mol. The highest BCUT2D eigenvalue weighted by Crippen LogP contribution is 2.69. The molecule has 2 nitrogen and oxygen atoms in total. The highest BCUT2D eigenvalue weighted by atomic mass is 16.2. The van der Waals surface area contributed by atoms with E-state index in [2.05, 4.69) is 20.8 Å². The maximum absolute atomic E-state index is 9.32. The third-order valence-electron chi connectivity index (χ3n) is 10.2. The fourth-order valence-corrected chi connectivity index (χ4v) is 8.94. The zero-order chi connectivity index (χ0) is 20.4. The Morgan fingerprint density at radius 1 is 0.964 bits per heavy atom. The van der Waals surface area contributed by atoms with Crippen LogP contribution in [0.15, 0.2) is 0 Å². The number of carbonyl (C=O) groups is 1. The molecule has 4 rings (SSSR count). The summed E-state index contributed by atoms with van der Waals surface area (Å²) in [5.41, 5.74) is 1.25. The Hall–Kier alpha value is -0.370. The molecule has 4 saturated carbocycles. The van der Waals surface area contributed by atoms with Crippen molar-refractivity contribution in [2.75, 3.05) is 6.61 Å². The van der Waals surface area contributed by atoms with Gasteiger partial charge in [-0.2, -0.15) is 0 Å². The zero-order valence-electron chi connectivity index (χ0n) is 19.1. The molecule has 1 N–H and O–H groups in total. The number of fused-ring (bicyclic) bond motifs is 5. The minimum absolute atomic E-state index is 0.390. The van der Waals surface area contributed by atoms with Crippen LogP contribution in [0.4, 0.5) is 0 Å². The van der Waals surface area contributed by atoms with Crippen molar-refractivity contribution in [2.24, 2.45) is 46.3 Å². The Balaban J connectivity index is 0.000000706. The second kappa shape index (κ2) is 9.19. The average molecular weight is 391 g/mol. The van der Waals surface area contributed by atoms with E-state index in [4.69, 9.17) is 4.79 Å². The lowest BCUT2D eigenvalue weighted by atomic mass is 9.42. The molecule has 2 heteroatoms. The van der Waals surface area contributed by atoms with Crippen molar-refractivity contribution < 1.29 is 9.90 Å². The highest BCUT2D eigenvalue weighted by Gasteiger charge is 2.60. The van der Waals surface area contributed by atoms with Crippen molar-refractivity contribution >= 4 is 6.29 Å². The quantitative estimate of drug-likeness (QED) is 0.546. The van der Waals surface area contributed by atoms with E-state index in [1.807, 2.05) is 0 Å². The van der Waals surface area contributed by atoms with Gasteiger partial charge in [-0.3, -0.25) is 0 Å². The first-order valence-corrected chi connectivity index (χ1v) is 12.5. The number of aldehydes is 1. The molecule has 0 bridgehead atoms. The highest BCUT2D eigenvalue weighted by molar-refractivity contribution is 5.44. The van der Waals surface area contributed by atoms with Crippen molar-refractivity contribution in [3.8, 4) is 0 Å². The topological polar surface area (TPSA) is 37.3 Å². The van der Waals surface area contributed by atoms with Crippen molar-refractivity contribution in [3.05, 3.63) is 0 Å². The Bertz CT molecular complexity index is 517. The van der Waals surface area contributed by atoms with Crippen LogP contribution in [-0.2, 0) is 4.79 Å². The van der Waals surface area contributed by atoms with Crippen molar-refractivity contribution in [1.29, 1.82) is 0 Å². The van der Waals surface area contributed by atoms with E-state index in [0.717, 1.165) is 48.2 Å². The molecule has 0 aromatic rings. The van der Waals surface area contributed by atoms with E-state index in [0.29, 0.717) is 17.4 Å². The summed E-state index contributed by atoms with van der Waals surface area (Å²) >= 11 is 0. The van der Waals surface area contributed by atoms with Crippen LogP contribution in [0.25, 0.3) is 0 Å². The maximum atomic E-state index is 9.32. The molecule has 0 saturated heterocycles. The number of hydrogen-bond donors (Lipinski definition) is 1. The summed E-state index contributed by atoms with van der Waals surface area (Å²) in [6.45, 7) is 9.68. The fourth-order valence-electron chi connectivity index (χ4n) is 8.94. The van der Waals surface area contributed by atoms with Crippen LogP contribution in [0.2, 0.25) is 0 Å². The van der Waals surface area contributed by atoms with E-state index >= 15 is 0 Å². The summed E-state index contributed by atoms with van der Waals surface area (Å²) in [5.74, 6) is 5.96. The SMILES string of the molecule is CC=O.CC[C@H]1CC2C3CCC(CCCO)C3(C)CC[C@@H]2C2(C)CCCCC12. The van der Waals surface area contributed by atoms with Gasteiger partial charge in [-0.15, -0.1) is 0 Å². The molecule has 4 fully saturated rings. The monoisotopic (exact) mass is 390 g/mol. The minimum atomic E-state index is 0.390. The molecule has 0 radical (unpaired) electrons. The van der Waals surface area contributed by atoms with Gasteiger partial charge < -0.3 is 9.90 Å². The van der Waals surface area contributed by atoms with Gasteiger partial charge in [0.15, 0.2) is 0 Å². The van der Waals surface area contributed by atoms with E-state index in [9.17, 15) is 5.11 Å². The molecule has 0 aromatic carbocycles. The van der Waals surface area contributed by atoms with Gasteiger partial charge >= 0.3 is 0 Å². The van der Waals surface area contributed by atoms with Crippen molar-refractivity contribution in [3.63, 3.8) is 0 Å². The summed E-state index contributed by atoms with van der Waals surface area (Å²) < 4.78 is 0. The molecule has 0 spiro atoms. The first-order chi connectivity index (χ1) is 13.5. The standard InChI is InChI=1S/C24H42O.C2H4O/c1-4-17-16-19-21-11-10-18(8-7-15-25)23(21,2)14-12-22(19)24(3)13-6-5-9-20(17)24;1-2-3/h17-22,25H,4-16H2,1-3H3;2H,1H3/t17-,18?,19?,20?,21?,22-,23?,24?;/m0./s1. The van der Waals surface area contributed by atoms with Gasteiger partial charge in [-0.25, -0.2) is 0 Å². The smallest absolute Gasteiger partial charge is 0.116 e. The van der Waals surface area contributed by atoms with Crippen LogP contribution in [-0.4, -0.2) is 18.0 Å². The van der Waals surface area contributed by atoms with Gasteiger partial charge in [0.25, 0.3) is 0 Å². The maximum Gasteiger partial charge on any atom is 0.116 e. The first-order valence-electron chi connectivity index (χ1n) is 12.5. The summed E-state index contributed by atoms with van der Waals surface area (Å²) in [6.07, 6.45) is 18.0. The van der Waals surface area contributed by atoms with Crippen LogP contribution >= 0.6 is 0 Å². The molecule has 0 aromatic heterocycles. The lowest BCUT2D eigenvalue weighted by Crippen LogP contribution is -2.55. The van der Waals surface area contributed by atoms with E-state index < -0.39 is 0 Å². The number of carbonyl (C=O) groups excluding carboxylic acids is 1. The molecule has 8 atom stereocenters. The predicted octanol–water partition coefficient (Wildman–Crippen LogP) is 6.65. The molecule has 28 heavy (non-hydrogen) atoms. The Labute approximate surface area is 174 Å². The molecule has 4 aliphatic rings. The van der Waals surface area contributed by atoms with E-state index in [-0.39, 0.29) is 0 Å². The van der Waals surface area contributed by atoms with Crippen LogP contribution < -0.4 is 0 Å². The average Bonchev–Trinajstić information content (AvgIpc) is 3.02. The summed E-state index contributed by atoms with van der Waals surface area (Å²) in [5, 5.41) is 9.32. The van der Waals surface area contributed by atoms with Crippen LogP contribution in [0.5, 0.6) is 0 Å². The summed E-state index contributed by atoms with van der Waals surface area (Å²) in [6, 6.07) is 0. The fraction of sp³-hybridized carbons (Fsp3) is 0.962. The Morgan fingerprint density at radius 3 is 2.36 bits per heavy atom. The second-order valence-corrected chi connectivity index (χ2v) is 11.1. The van der Waals surface area contributed by atoms with Crippen molar-refractivity contribution in [2.45, 2.75) is 105 Å². The Morgan fingerprint density at radius 2 is 1.68 bits per heavy atom. The van der Waals surface area contributed by atoms with E-state index in [1.165, 1.54) is 71.1 Å². The van der Waals surface area contributed by atoms with Gasteiger partial charge in [0.1, 0.15) is 6.29 Å². The number of rotatable bonds is 4. The van der Waals surface area contributed by atoms with Crippen LogP contribution in [0.3, 0.4) is 0 Å². The molecule has 0 heterocycles. The van der Waals surface area contributed by atoms with Crippen molar-refractivity contribution in [1.82, 2.24) is 0 Å². The van der Waals surface area contributed by atoms with Crippen LogP contribution in [0.1, 0.15) is 105 Å². The molecule has 0 aliphatic heterocycles. The largest absolute Gasteiger partial charge is 0.396 e. The number of hydrogen-bond acceptors (Lipinski definition) is 2. The number of aliphatic hydroxyl groups excluding tert-OH is 1. The first kappa shape index (κ1) is 22.3. The minimum Gasteiger partial charge on any atom is -0.396 e. The van der Waals surface area contributed by atoms with Gasteiger partial charge in [-0.1, -0.05) is 40.0 Å². The third-order valence-corrected chi connectivity index (χ3v) is 10.2. The zero-order valence-corrected chi connectivity index (χ0v) is 19.1. The molecule has 162 valence electrons. The van der Waals surface area contributed by atoms with Gasteiger partial charge in [0, 0.05) is 6.61 Å². The number of aliphatic hydroxyl groups is 1. The summed E-state index contributed by atoms with van der Waals surface area (Å²) in [7, 11) is 0. The van der Waals surface area contributed by atoms with Gasteiger partial charge in [-0.05, 0) is 111 Å². The lowest BCUT2D eigenvalue weighted by molar-refractivity contribution is -0.135. The molecular formula is C26H46O2. The summed E-state index contributed by atoms with van der Waals surface area (Å²) in [4.78, 5) is 8.81. The van der Waals surface area contributed by atoms with Gasteiger partial charge in [0.2, 0.25) is 0 Å². The second-order valence-electron chi connectivity index (χ2n) is 11.1. The molecule has 0 amide bonds. The molecule has 6 unspecified atom stereocenters.